The Morgan fingerprint density at radius 2 is 2.21 bits per heavy atom. The van der Waals surface area contributed by atoms with Crippen LogP contribution >= 0.6 is 0 Å². The van der Waals surface area contributed by atoms with Crippen molar-refractivity contribution in [1.82, 2.24) is 4.98 Å². The number of hydrogen-bond donors (Lipinski definition) is 2. The van der Waals surface area contributed by atoms with Gasteiger partial charge in [-0.05, 0) is 19.1 Å². The van der Waals surface area contributed by atoms with E-state index in [-0.39, 0.29) is 12.0 Å². The van der Waals surface area contributed by atoms with Crippen molar-refractivity contribution in [2.45, 2.75) is 20.8 Å². The molecule has 3 nitrogen and oxygen atoms in total. The van der Waals surface area contributed by atoms with Gasteiger partial charge in [0.2, 0.25) is 0 Å². The van der Waals surface area contributed by atoms with Crippen LogP contribution in [-0.4, -0.2) is 23.2 Å². The van der Waals surface area contributed by atoms with Gasteiger partial charge in [0, 0.05) is 24.8 Å². The topological polar surface area (TPSA) is 45.2 Å². The van der Waals surface area contributed by atoms with Crippen molar-refractivity contribution in [2.24, 2.45) is 5.41 Å². The highest BCUT2D eigenvalue weighted by molar-refractivity contribution is 5.46. The molecule has 2 N–H and O–H groups in total. The van der Waals surface area contributed by atoms with Crippen molar-refractivity contribution < 1.29 is 5.11 Å². The van der Waals surface area contributed by atoms with Crippen LogP contribution in [0.5, 0.6) is 0 Å². The molecule has 1 aromatic heterocycles. The van der Waals surface area contributed by atoms with E-state index in [1.165, 1.54) is 0 Å². The summed E-state index contributed by atoms with van der Waals surface area (Å²) in [6, 6.07) is 3.90. The normalized spacial score (nSPS) is 11.4. The van der Waals surface area contributed by atoms with Crippen molar-refractivity contribution >= 4 is 5.69 Å². The maximum absolute atomic E-state index is 9.09. The van der Waals surface area contributed by atoms with E-state index in [1.54, 1.807) is 6.20 Å². The molecule has 0 fully saturated rings. The fourth-order valence-electron chi connectivity index (χ4n) is 1.06. The number of anilines is 1. The van der Waals surface area contributed by atoms with Crippen molar-refractivity contribution in [3.63, 3.8) is 0 Å². The van der Waals surface area contributed by atoms with Gasteiger partial charge in [-0.1, -0.05) is 13.8 Å². The molecule has 0 aromatic carbocycles. The Labute approximate surface area is 85.2 Å². The summed E-state index contributed by atoms with van der Waals surface area (Å²) in [6.45, 7) is 6.93. The summed E-state index contributed by atoms with van der Waals surface area (Å²) in [5.74, 6) is 0. The summed E-state index contributed by atoms with van der Waals surface area (Å²) in [7, 11) is 0. The number of pyridine rings is 1. The molecule has 0 radical (unpaired) electrons. The van der Waals surface area contributed by atoms with Crippen molar-refractivity contribution in [1.29, 1.82) is 0 Å². The Balaban J connectivity index is 2.58. The molecule has 78 valence electrons. The zero-order valence-electron chi connectivity index (χ0n) is 9.04. The van der Waals surface area contributed by atoms with Crippen LogP contribution in [0.25, 0.3) is 0 Å². The Kier molecular flexibility index (Phi) is 3.47. The summed E-state index contributed by atoms with van der Waals surface area (Å²) in [5.41, 5.74) is 1.93. The highest BCUT2D eigenvalue weighted by atomic mass is 16.3. The quantitative estimate of drug-likeness (QED) is 0.768. The van der Waals surface area contributed by atoms with Gasteiger partial charge in [-0.3, -0.25) is 4.98 Å². The van der Waals surface area contributed by atoms with Crippen LogP contribution in [0.1, 0.15) is 19.5 Å². The number of aryl methyl sites for hydroxylation is 1. The summed E-state index contributed by atoms with van der Waals surface area (Å²) in [4.78, 5) is 4.18. The Hall–Kier alpha value is -1.09. The molecule has 3 heteroatoms. The average molecular weight is 194 g/mol. The molecule has 0 saturated heterocycles. The minimum Gasteiger partial charge on any atom is -0.396 e. The number of aromatic nitrogens is 1. The zero-order chi connectivity index (χ0) is 10.6. The molecule has 0 atom stereocenters. The standard InChI is InChI=1S/C11H18N2O/c1-9-10(5-4-6-12-9)13-7-11(2,3)8-14/h4-6,13-14H,7-8H2,1-3H3. The van der Waals surface area contributed by atoms with Crippen molar-refractivity contribution in [3.05, 3.63) is 24.0 Å². The minimum absolute atomic E-state index is 0.0950. The number of aliphatic hydroxyl groups is 1. The third-order valence-corrected chi connectivity index (χ3v) is 2.19. The summed E-state index contributed by atoms with van der Waals surface area (Å²) >= 11 is 0. The average Bonchev–Trinajstić information content (AvgIpc) is 2.17. The summed E-state index contributed by atoms with van der Waals surface area (Å²) in [6.07, 6.45) is 1.78. The van der Waals surface area contributed by atoms with Gasteiger partial charge in [0.1, 0.15) is 0 Å². The second kappa shape index (κ2) is 4.42. The molecular formula is C11H18N2O. The van der Waals surface area contributed by atoms with Crippen LogP contribution in [0, 0.1) is 12.3 Å². The van der Waals surface area contributed by atoms with E-state index in [1.807, 2.05) is 32.9 Å². The molecule has 1 heterocycles. The molecule has 14 heavy (non-hydrogen) atoms. The van der Waals surface area contributed by atoms with Crippen LogP contribution in [0.4, 0.5) is 5.69 Å². The maximum Gasteiger partial charge on any atom is 0.0603 e. The van der Waals surface area contributed by atoms with E-state index in [4.69, 9.17) is 5.11 Å². The monoisotopic (exact) mass is 194 g/mol. The molecule has 0 amide bonds. The van der Waals surface area contributed by atoms with Gasteiger partial charge >= 0.3 is 0 Å². The first-order valence-corrected chi connectivity index (χ1v) is 4.81. The molecule has 0 aliphatic heterocycles. The predicted octanol–water partition coefficient (Wildman–Crippen LogP) is 1.82. The van der Waals surface area contributed by atoms with Gasteiger partial charge in [0.05, 0.1) is 11.4 Å². The molecule has 1 rings (SSSR count). The largest absolute Gasteiger partial charge is 0.396 e. The fourth-order valence-corrected chi connectivity index (χ4v) is 1.06. The van der Waals surface area contributed by atoms with Crippen LogP contribution in [-0.2, 0) is 0 Å². The molecule has 0 aliphatic rings. The van der Waals surface area contributed by atoms with Crippen LogP contribution in [0.2, 0.25) is 0 Å². The lowest BCUT2D eigenvalue weighted by atomic mass is 9.95. The second-order valence-electron chi connectivity index (χ2n) is 4.31. The van der Waals surface area contributed by atoms with E-state index < -0.39 is 0 Å². The third-order valence-electron chi connectivity index (χ3n) is 2.19. The fraction of sp³-hybridized carbons (Fsp3) is 0.545. The highest BCUT2D eigenvalue weighted by Crippen LogP contribution is 2.17. The SMILES string of the molecule is Cc1ncccc1NCC(C)(C)CO. The molecule has 0 unspecified atom stereocenters. The number of nitrogens with one attached hydrogen (secondary N) is 1. The van der Waals surface area contributed by atoms with E-state index >= 15 is 0 Å². The minimum atomic E-state index is -0.0950. The Morgan fingerprint density at radius 1 is 1.50 bits per heavy atom. The molecule has 0 bridgehead atoms. The first kappa shape index (κ1) is 11.0. The van der Waals surface area contributed by atoms with E-state index in [0.29, 0.717) is 0 Å². The Bertz CT molecular complexity index is 297. The van der Waals surface area contributed by atoms with E-state index in [0.717, 1.165) is 17.9 Å². The van der Waals surface area contributed by atoms with Gasteiger partial charge in [0.15, 0.2) is 0 Å². The first-order valence-electron chi connectivity index (χ1n) is 4.81. The second-order valence-corrected chi connectivity index (χ2v) is 4.31. The Morgan fingerprint density at radius 3 is 2.79 bits per heavy atom. The van der Waals surface area contributed by atoms with Gasteiger partial charge < -0.3 is 10.4 Å². The van der Waals surface area contributed by atoms with Crippen LogP contribution in [0.3, 0.4) is 0 Å². The van der Waals surface area contributed by atoms with Crippen LogP contribution < -0.4 is 5.32 Å². The first-order chi connectivity index (χ1) is 6.55. The number of nitrogens with zero attached hydrogens (tertiary/aromatic N) is 1. The number of rotatable bonds is 4. The van der Waals surface area contributed by atoms with Gasteiger partial charge in [-0.15, -0.1) is 0 Å². The van der Waals surface area contributed by atoms with E-state index in [9.17, 15) is 0 Å². The molecule has 0 spiro atoms. The van der Waals surface area contributed by atoms with Gasteiger partial charge in [-0.2, -0.15) is 0 Å². The molecular weight excluding hydrogens is 176 g/mol. The van der Waals surface area contributed by atoms with Crippen molar-refractivity contribution in [2.75, 3.05) is 18.5 Å². The van der Waals surface area contributed by atoms with Crippen LogP contribution in [0.15, 0.2) is 18.3 Å². The summed E-state index contributed by atoms with van der Waals surface area (Å²) in [5, 5.41) is 12.4. The lowest BCUT2D eigenvalue weighted by molar-refractivity contribution is 0.171. The number of hydrogen-bond acceptors (Lipinski definition) is 3. The predicted molar refractivity (Wildman–Crippen MR) is 58.3 cm³/mol. The third kappa shape index (κ3) is 3.00. The maximum atomic E-state index is 9.09. The van der Waals surface area contributed by atoms with Gasteiger partial charge in [0.25, 0.3) is 0 Å². The zero-order valence-corrected chi connectivity index (χ0v) is 9.04. The summed E-state index contributed by atoms with van der Waals surface area (Å²) < 4.78 is 0. The number of aliphatic hydroxyl groups excluding tert-OH is 1. The molecule has 0 aliphatic carbocycles. The molecule has 0 saturated carbocycles. The lowest BCUT2D eigenvalue weighted by Crippen LogP contribution is -2.27. The smallest absolute Gasteiger partial charge is 0.0603 e. The highest BCUT2D eigenvalue weighted by Gasteiger charge is 2.16. The van der Waals surface area contributed by atoms with Gasteiger partial charge in [-0.25, -0.2) is 0 Å². The molecule has 1 aromatic rings. The van der Waals surface area contributed by atoms with E-state index in [2.05, 4.69) is 10.3 Å². The van der Waals surface area contributed by atoms with Crippen molar-refractivity contribution in [3.8, 4) is 0 Å². The lowest BCUT2D eigenvalue weighted by Gasteiger charge is -2.22.